The van der Waals surface area contributed by atoms with Crippen LogP contribution in [-0.2, 0) is 0 Å². The van der Waals surface area contributed by atoms with Crippen LogP contribution in [-0.4, -0.2) is 22.6 Å². The Morgan fingerprint density at radius 3 is 1.76 bits per heavy atom. The Labute approximate surface area is 262 Å². The van der Waals surface area contributed by atoms with E-state index in [-0.39, 0.29) is 0 Å². The Kier molecular flexibility index (Phi) is 5.79. The highest BCUT2D eigenvalue weighted by molar-refractivity contribution is 7.21. The van der Waals surface area contributed by atoms with Gasteiger partial charge in [-0.25, -0.2) is 0 Å². The zero-order valence-electron chi connectivity index (χ0n) is 24.5. The average molecular weight is 593 g/mol. The molecule has 0 aliphatic carbocycles. The highest BCUT2D eigenvalue weighted by Crippen LogP contribution is 2.41. The third-order valence-electron chi connectivity index (χ3n) is 9.18. The molecule has 1 aliphatic rings. The van der Waals surface area contributed by atoms with Crippen molar-refractivity contribution in [2.75, 3.05) is 4.90 Å². The predicted octanol–water partition coefficient (Wildman–Crippen LogP) is 6.73. The fourth-order valence-electron chi connectivity index (χ4n) is 7.42. The monoisotopic (exact) mass is 592 g/mol. The Hall–Kier alpha value is -5.78. The maximum atomic E-state index is 4.88. The molecule has 1 aliphatic heterocycles. The van der Waals surface area contributed by atoms with Gasteiger partial charge in [0.25, 0.3) is 0 Å². The minimum absolute atomic E-state index is 0.981. The van der Waals surface area contributed by atoms with Crippen molar-refractivity contribution in [3.05, 3.63) is 170 Å². The molecule has 4 heterocycles. The molecule has 3 aromatic heterocycles. The molecule has 45 heavy (non-hydrogen) atoms. The minimum atomic E-state index is -2.65. The first kappa shape index (κ1) is 25.7. The number of rotatable bonds is 4. The van der Waals surface area contributed by atoms with E-state index >= 15 is 0 Å². The normalized spacial score (nSPS) is 13.5. The van der Waals surface area contributed by atoms with Crippen LogP contribution in [0.3, 0.4) is 0 Å². The van der Waals surface area contributed by atoms with Gasteiger partial charge < -0.3 is 9.47 Å². The van der Waals surface area contributed by atoms with Crippen LogP contribution in [0, 0.1) is 0 Å². The second-order valence-corrected chi connectivity index (χ2v) is 15.2. The van der Waals surface area contributed by atoms with Crippen molar-refractivity contribution in [1.29, 1.82) is 0 Å². The van der Waals surface area contributed by atoms with Gasteiger partial charge in [-0.05, 0) is 75.3 Å². The highest BCUT2D eigenvalue weighted by atomic mass is 28.3. The van der Waals surface area contributed by atoms with E-state index in [2.05, 4.69) is 154 Å². The number of pyridine rings is 2. The average Bonchev–Trinajstić information content (AvgIpc) is 3.45. The van der Waals surface area contributed by atoms with Gasteiger partial charge in [0.15, 0.2) is 8.07 Å². The molecule has 0 amide bonds. The number of para-hydroxylation sites is 2. The summed E-state index contributed by atoms with van der Waals surface area (Å²) in [6, 6.07) is 55.3. The van der Waals surface area contributed by atoms with E-state index in [0.29, 0.717) is 0 Å². The van der Waals surface area contributed by atoms with Crippen molar-refractivity contribution in [1.82, 2.24) is 14.5 Å². The second kappa shape index (κ2) is 10.1. The maximum absolute atomic E-state index is 4.88. The third kappa shape index (κ3) is 3.71. The van der Waals surface area contributed by atoms with Crippen LogP contribution in [0.15, 0.2) is 170 Å². The summed E-state index contributed by atoms with van der Waals surface area (Å²) in [6.45, 7) is 0. The molecule has 0 atom stereocenters. The number of aromatic nitrogens is 3. The van der Waals surface area contributed by atoms with Gasteiger partial charge in [0.05, 0.1) is 28.4 Å². The fourth-order valence-corrected chi connectivity index (χ4v) is 12.5. The fraction of sp³-hybridized carbons (Fsp3) is 0. The number of nitrogens with zero attached hydrogens (tertiary/aromatic N) is 4. The lowest BCUT2D eigenvalue weighted by atomic mass is 10.1. The lowest BCUT2D eigenvalue weighted by molar-refractivity contribution is 1.14. The topological polar surface area (TPSA) is 34.0 Å². The summed E-state index contributed by atoms with van der Waals surface area (Å²) < 4.78 is 2.26. The van der Waals surface area contributed by atoms with Crippen LogP contribution in [0.5, 0.6) is 0 Å². The lowest BCUT2D eigenvalue weighted by Gasteiger charge is -2.45. The molecule has 0 radical (unpaired) electrons. The van der Waals surface area contributed by atoms with E-state index in [1.165, 1.54) is 32.1 Å². The van der Waals surface area contributed by atoms with Crippen molar-refractivity contribution < 1.29 is 0 Å². The molecule has 0 saturated heterocycles. The summed E-state index contributed by atoms with van der Waals surface area (Å²) in [5.41, 5.74) is 7.73. The zero-order valence-corrected chi connectivity index (χ0v) is 25.5. The number of hydrogen-bond donors (Lipinski definition) is 0. The molecule has 0 unspecified atom stereocenters. The summed E-state index contributed by atoms with van der Waals surface area (Å²) >= 11 is 0. The molecule has 9 rings (SSSR count). The van der Waals surface area contributed by atoms with Crippen molar-refractivity contribution >= 4 is 67.8 Å². The number of fused-ring (bicyclic) bond motifs is 5. The quantitative estimate of drug-likeness (QED) is 0.213. The molecule has 0 fully saturated rings. The van der Waals surface area contributed by atoms with Gasteiger partial charge in [-0.15, -0.1) is 0 Å². The van der Waals surface area contributed by atoms with Gasteiger partial charge in [-0.3, -0.25) is 9.97 Å². The summed E-state index contributed by atoms with van der Waals surface area (Å²) in [4.78, 5) is 11.7. The summed E-state index contributed by atoms with van der Waals surface area (Å²) in [5.74, 6) is 0. The van der Waals surface area contributed by atoms with Crippen molar-refractivity contribution in [3.8, 4) is 5.69 Å². The molecule has 4 nitrogen and oxygen atoms in total. The van der Waals surface area contributed by atoms with E-state index in [9.17, 15) is 0 Å². The molecular weight excluding hydrogens is 565 g/mol. The molecule has 212 valence electrons. The van der Waals surface area contributed by atoms with E-state index in [1.54, 1.807) is 0 Å². The van der Waals surface area contributed by atoms with E-state index in [4.69, 9.17) is 4.98 Å². The second-order valence-electron chi connectivity index (χ2n) is 11.5. The van der Waals surface area contributed by atoms with E-state index in [1.807, 2.05) is 30.7 Å². The summed E-state index contributed by atoms with van der Waals surface area (Å²) in [7, 11) is -2.65. The maximum Gasteiger partial charge on any atom is 0.184 e. The standard InChI is InChI=1S/C40H28N4Si/c1-3-14-31(15-4-1)45(32-16-5-2-6-17-32)38-21-9-7-18-35(38)43(36-19-8-10-22-39(36)45)29-23-24-34-33(27-29)40-37(20-12-26-42-40)44(34)30-13-11-25-41-28-30/h1-28H. The Morgan fingerprint density at radius 2 is 1.11 bits per heavy atom. The zero-order chi connectivity index (χ0) is 29.8. The van der Waals surface area contributed by atoms with Gasteiger partial charge >= 0.3 is 0 Å². The van der Waals surface area contributed by atoms with E-state index < -0.39 is 8.07 Å². The van der Waals surface area contributed by atoms with Crippen LogP contribution < -0.4 is 25.6 Å². The van der Waals surface area contributed by atoms with E-state index in [0.717, 1.165) is 33.3 Å². The van der Waals surface area contributed by atoms with Gasteiger partial charge in [0.1, 0.15) is 0 Å². The largest absolute Gasteiger partial charge is 0.311 e. The molecule has 0 bridgehead atoms. The molecule has 5 heteroatoms. The summed E-state index contributed by atoms with van der Waals surface area (Å²) in [5, 5.41) is 6.65. The molecule has 0 N–H and O–H groups in total. The van der Waals surface area contributed by atoms with Crippen LogP contribution in [0.2, 0.25) is 0 Å². The van der Waals surface area contributed by atoms with Crippen molar-refractivity contribution in [3.63, 3.8) is 0 Å². The highest BCUT2D eigenvalue weighted by Gasteiger charge is 2.48. The van der Waals surface area contributed by atoms with Gasteiger partial charge in [-0.1, -0.05) is 97.1 Å². The first-order valence-electron chi connectivity index (χ1n) is 15.3. The minimum Gasteiger partial charge on any atom is -0.311 e. The van der Waals surface area contributed by atoms with Crippen LogP contribution in [0.25, 0.3) is 27.6 Å². The predicted molar refractivity (Wildman–Crippen MR) is 188 cm³/mol. The van der Waals surface area contributed by atoms with Crippen LogP contribution in [0.1, 0.15) is 0 Å². The van der Waals surface area contributed by atoms with Gasteiger partial charge in [-0.2, -0.15) is 0 Å². The Bertz CT molecular complexity index is 2240. The SMILES string of the molecule is c1ccc([Si]2(c3ccccc3)c3ccccc3N(c3ccc4c(c3)c3ncccc3n4-c3cccnc3)c3ccccc32)cc1. The van der Waals surface area contributed by atoms with Gasteiger partial charge in [0, 0.05) is 34.8 Å². The van der Waals surface area contributed by atoms with Gasteiger partial charge in [0.2, 0.25) is 0 Å². The molecule has 5 aromatic carbocycles. The molecule has 0 saturated carbocycles. The molecule has 8 aromatic rings. The van der Waals surface area contributed by atoms with Crippen LogP contribution in [0.4, 0.5) is 17.1 Å². The Morgan fingerprint density at radius 1 is 0.489 bits per heavy atom. The molecule has 0 spiro atoms. The van der Waals surface area contributed by atoms with Crippen molar-refractivity contribution in [2.45, 2.75) is 0 Å². The first-order chi connectivity index (χ1) is 22.4. The first-order valence-corrected chi connectivity index (χ1v) is 17.3. The van der Waals surface area contributed by atoms with Crippen molar-refractivity contribution in [2.24, 2.45) is 0 Å². The Balaban J connectivity index is 1.34. The molecular formula is C40H28N4Si. The van der Waals surface area contributed by atoms with Crippen LogP contribution >= 0.6 is 0 Å². The smallest absolute Gasteiger partial charge is 0.184 e. The number of hydrogen-bond acceptors (Lipinski definition) is 3. The third-order valence-corrected chi connectivity index (χ3v) is 14.0. The summed E-state index contributed by atoms with van der Waals surface area (Å²) in [6.07, 6.45) is 5.61. The number of benzene rings is 5. The lowest BCUT2D eigenvalue weighted by Crippen LogP contribution is -2.77. The number of anilines is 3.